The fraction of sp³-hybridized carbons (Fsp3) is 0.600. The zero-order chi connectivity index (χ0) is 11.3. The molecule has 0 saturated heterocycles. The Balaban J connectivity index is 3.07. The van der Waals surface area contributed by atoms with Crippen molar-refractivity contribution < 1.29 is 9.47 Å². The van der Waals surface area contributed by atoms with E-state index in [1.54, 1.807) is 0 Å². The molecule has 0 aliphatic heterocycles. The Labute approximate surface area is 94.6 Å². The van der Waals surface area contributed by atoms with Crippen LogP contribution in [0.5, 0.6) is 11.9 Å². The second-order valence-electron chi connectivity index (χ2n) is 2.80. The van der Waals surface area contributed by atoms with E-state index in [-0.39, 0.29) is 6.01 Å². The molecule has 4 nitrogen and oxygen atoms in total. The van der Waals surface area contributed by atoms with Gasteiger partial charge in [0.2, 0.25) is 5.88 Å². The van der Waals surface area contributed by atoms with Crippen LogP contribution in [0.1, 0.15) is 26.3 Å². The van der Waals surface area contributed by atoms with Crippen LogP contribution in [0.4, 0.5) is 0 Å². The van der Waals surface area contributed by atoms with Crippen molar-refractivity contribution in [2.45, 2.75) is 27.2 Å². The number of nitrogens with zero attached hydrogens (tertiary/aromatic N) is 2. The molecule has 0 fully saturated rings. The molecule has 0 aliphatic carbocycles. The molecule has 84 valence electrons. The maximum atomic E-state index is 6.00. The second-order valence-corrected chi connectivity index (χ2v) is 3.16. The van der Waals surface area contributed by atoms with Crippen molar-refractivity contribution in [3.63, 3.8) is 0 Å². The Morgan fingerprint density at radius 3 is 2.27 bits per heavy atom. The van der Waals surface area contributed by atoms with Gasteiger partial charge in [0.15, 0.2) is 0 Å². The third-order valence-electron chi connectivity index (χ3n) is 1.81. The van der Waals surface area contributed by atoms with Crippen molar-refractivity contribution in [1.29, 1.82) is 0 Å². The highest BCUT2D eigenvalue weighted by molar-refractivity contribution is 6.30. The van der Waals surface area contributed by atoms with Crippen molar-refractivity contribution in [3.05, 3.63) is 10.7 Å². The molecule has 1 rings (SSSR count). The molecule has 0 amide bonds. The molecule has 1 aromatic heterocycles. The zero-order valence-corrected chi connectivity index (χ0v) is 9.97. The van der Waals surface area contributed by atoms with E-state index in [2.05, 4.69) is 9.97 Å². The minimum Gasteiger partial charge on any atom is -0.478 e. The number of aromatic nitrogens is 2. The average molecular weight is 231 g/mol. The lowest BCUT2D eigenvalue weighted by Gasteiger charge is -2.10. The molecule has 0 saturated carbocycles. The predicted molar refractivity (Wildman–Crippen MR) is 58.8 cm³/mol. The molecular weight excluding hydrogens is 216 g/mol. The van der Waals surface area contributed by atoms with Gasteiger partial charge in [-0.25, -0.2) is 0 Å². The third-order valence-corrected chi connectivity index (χ3v) is 2.12. The fourth-order valence-electron chi connectivity index (χ4n) is 1.17. The summed E-state index contributed by atoms with van der Waals surface area (Å²) < 4.78 is 10.6. The summed E-state index contributed by atoms with van der Waals surface area (Å²) in [5.41, 5.74) is 0.821. The van der Waals surface area contributed by atoms with Crippen LogP contribution < -0.4 is 9.47 Å². The Hall–Kier alpha value is -1.03. The van der Waals surface area contributed by atoms with Gasteiger partial charge in [0, 0.05) is 0 Å². The first-order valence-electron chi connectivity index (χ1n) is 5.04. The first-order chi connectivity index (χ1) is 7.22. The van der Waals surface area contributed by atoms with E-state index in [1.165, 1.54) is 0 Å². The number of hydrogen-bond donors (Lipinski definition) is 0. The molecule has 0 spiro atoms. The molecule has 0 aromatic carbocycles. The highest BCUT2D eigenvalue weighted by Gasteiger charge is 2.12. The minimum atomic E-state index is 0.267. The van der Waals surface area contributed by atoms with E-state index in [0.29, 0.717) is 24.2 Å². The van der Waals surface area contributed by atoms with Crippen LogP contribution in [0.2, 0.25) is 5.15 Å². The molecular formula is C10H15ClN2O2. The largest absolute Gasteiger partial charge is 0.478 e. The van der Waals surface area contributed by atoms with Crippen molar-refractivity contribution in [2.75, 3.05) is 13.2 Å². The fourth-order valence-corrected chi connectivity index (χ4v) is 1.45. The van der Waals surface area contributed by atoms with E-state index in [0.717, 1.165) is 12.0 Å². The summed E-state index contributed by atoms with van der Waals surface area (Å²) in [6, 6.07) is 0.267. The summed E-state index contributed by atoms with van der Waals surface area (Å²) >= 11 is 6.00. The van der Waals surface area contributed by atoms with Gasteiger partial charge in [-0.3, -0.25) is 0 Å². The van der Waals surface area contributed by atoms with Gasteiger partial charge in [0.25, 0.3) is 0 Å². The van der Waals surface area contributed by atoms with E-state index in [4.69, 9.17) is 21.1 Å². The smallest absolute Gasteiger partial charge is 0.321 e. The molecule has 5 heteroatoms. The quantitative estimate of drug-likeness (QED) is 0.729. The van der Waals surface area contributed by atoms with Gasteiger partial charge in [-0.2, -0.15) is 9.97 Å². The molecule has 15 heavy (non-hydrogen) atoms. The van der Waals surface area contributed by atoms with Crippen LogP contribution in [-0.2, 0) is 6.42 Å². The lowest BCUT2D eigenvalue weighted by atomic mass is 10.2. The Morgan fingerprint density at radius 1 is 1.07 bits per heavy atom. The Kier molecular flexibility index (Phi) is 4.62. The van der Waals surface area contributed by atoms with Gasteiger partial charge < -0.3 is 9.47 Å². The molecule has 1 heterocycles. The first-order valence-corrected chi connectivity index (χ1v) is 5.42. The van der Waals surface area contributed by atoms with Crippen LogP contribution in [-0.4, -0.2) is 23.2 Å². The standard InChI is InChI=1S/C10H15ClN2O2/c1-4-7-8(11)12-10(15-6-3)13-9(7)14-5-2/h4-6H2,1-3H3. The van der Waals surface area contributed by atoms with Gasteiger partial charge in [-0.1, -0.05) is 18.5 Å². The maximum absolute atomic E-state index is 6.00. The lowest BCUT2D eigenvalue weighted by molar-refractivity contribution is 0.287. The highest BCUT2D eigenvalue weighted by Crippen LogP contribution is 2.26. The lowest BCUT2D eigenvalue weighted by Crippen LogP contribution is -2.05. The van der Waals surface area contributed by atoms with E-state index in [1.807, 2.05) is 20.8 Å². The maximum Gasteiger partial charge on any atom is 0.321 e. The molecule has 0 atom stereocenters. The summed E-state index contributed by atoms with van der Waals surface area (Å²) in [7, 11) is 0. The number of ether oxygens (including phenoxy) is 2. The minimum absolute atomic E-state index is 0.267. The van der Waals surface area contributed by atoms with Gasteiger partial charge in [0.1, 0.15) is 5.15 Å². The molecule has 1 aromatic rings. The number of hydrogen-bond acceptors (Lipinski definition) is 4. The molecule has 0 bridgehead atoms. The normalized spacial score (nSPS) is 10.1. The summed E-state index contributed by atoms with van der Waals surface area (Å²) in [4.78, 5) is 8.17. The predicted octanol–water partition coefficient (Wildman–Crippen LogP) is 2.49. The van der Waals surface area contributed by atoms with Crippen molar-refractivity contribution in [3.8, 4) is 11.9 Å². The first kappa shape index (κ1) is 12.0. The molecule has 0 unspecified atom stereocenters. The summed E-state index contributed by atoms with van der Waals surface area (Å²) in [6.07, 6.45) is 0.737. The van der Waals surface area contributed by atoms with Crippen molar-refractivity contribution in [2.24, 2.45) is 0 Å². The van der Waals surface area contributed by atoms with Gasteiger partial charge >= 0.3 is 6.01 Å². The number of rotatable bonds is 5. The van der Waals surface area contributed by atoms with Crippen molar-refractivity contribution in [1.82, 2.24) is 9.97 Å². The monoisotopic (exact) mass is 230 g/mol. The highest BCUT2D eigenvalue weighted by atomic mass is 35.5. The zero-order valence-electron chi connectivity index (χ0n) is 9.21. The number of halogens is 1. The third kappa shape index (κ3) is 2.96. The average Bonchev–Trinajstić information content (AvgIpc) is 2.18. The van der Waals surface area contributed by atoms with Crippen LogP contribution in [0.25, 0.3) is 0 Å². The van der Waals surface area contributed by atoms with E-state index < -0.39 is 0 Å². The van der Waals surface area contributed by atoms with Crippen LogP contribution in [0, 0.1) is 0 Å². The topological polar surface area (TPSA) is 44.2 Å². The van der Waals surface area contributed by atoms with Crippen LogP contribution in [0.15, 0.2) is 0 Å². The summed E-state index contributed by atoms with van der Waals surface area (Å²) in [5, 5.41) is 0.402. The van der Waals surface area contributed by atoms with Gasteiger partial charge in [-0.05, 0) is 20.3 Å². The van der Waals surface area contributed by atoms with Crippen LogP contribution in [0.3, 0.4) is 0 Å². The second kappa shape index (κ2) is 5.75. The van der Waals surface area contributed by atoms with Crippen LogP contribution >= 0.6 is 11.6 Å². The summed E-state index contributed by atoms with van der Waals surface area (Å²) in [6.45, 7) is 6.80. The van der Waals surface area contributed by atoms with Gasteiger partial charge in [0.05, 0.1) is 18.8 Å². The van der Waals surface area contributed by atoms with Gasteiger partial charge in [-0.15, -0.1) is 0 Å². The van der Waals surface area contributed by atoms with Crippen molar-refractivity contribution >= 4 is 11.6 Å². The summed E-state index contributed by atoms with van der Waals surface area (Å²) in [5.74, 6) is 0.517. The molecule has 0 aliphatic rings. The SMILES string of the molecule is CCOc1nc(Cl)c(CC)c(OCC)n1. The van der Waals surface area contributed by atoms with E-state index >= 15 is 0 Å². The molecule has 0 radical (unpaired) electrons. The van der Waals surface area contributed by atoms with E-state index in [9.17, 15) is 0 Å². The molecule has 0 N–H and O–H groups in total. The Morgan fingerprint density at radius 2 is 1.73 bits per heavy atom. The Bertz CT molecular complexity index is 331.